The molecule has 0 bridgehead atoms. The molecule has 0 aliphatic carbocycles. The predicted octanol–water partition coefficient (Wildman–Crippen LogP) is 6.03. The maximum atomic E-state index is 4.25. The van der Waals surface area contributed by atoms with Crippen molar-refractivity contribution in [3.8, 4) is 0 Å². The lowest BCUT2D eigenvalue weighted by atomic mass is 10.2. The summed E-state index contributed by atoms with van der Waals surface area (Å²) >= 11 is 8.09. The smallest absolute Gasteiger partial charge is 0.0410 e. The van der Waals surface area contributed by atoms with Crippen LogP contribution in [0.25, 0.3) is 0 Å². The minimum atomic E-state index is 0. The molecule has 102 valence electrons. The number of thioether (sulfide) groups is 2. The molecule has 0 saturated heterocycles. The van der Waals surface area contributed by atoms with E-state index in [1.807, 2.05) is 23.5 Å². The summed E-state index contributed by atoms with van der Waals surface area (Å²) < 4.78 is 1.42. The van der Waals surface area contributed by atoms with E-state index in [4.69, 9.17) is 0 Å². The standard InChI is InChI=1S/C14H20S3.CH4/c1-3-7-14(16-11-6-10-15)17-13-9-5-4-8-12(13)2;/h4-5,7-9,15H,3,6,10-11H2,1-2H3;1H4/b14-7+;. The number of thiol groups is 1. The van der Waals surface area contributed by atoms with E-state index in [9.17, 15) is 0 Å². The second kappa shape index (κ2) is 10.9. The normalized spacial score (nSPS) is 11.2. The maximum absolute atomic E-state index is 4.25. The van der Waals surface area contributed by atoms with Crippen LogP contribution in [-0.2, 0) is 0 Å². The van der Waals surface area contributed by atoms with Crippen molar-refractivity contribution in [2.75, 3.05) is 11.5 Å². The quantitative estimate of drug-likeness (QED) is 0.371. The molecule has 0 N–H and O–H groups in total. The molecule has 0 aliphatic heterocycles. The molecular formula is C15H24S3. The molecular weight excluding hydrogens is 276 g/mol. The monoisotopic (exact) mass is 300 g/mol. The minimum absolute atomic E-state index is 0. The zero-order chi connectivity index (χ0) is 12.5. The van der Waals surface area contributed by atoms with Crippen LogP contribution in [0, 0.1) is 6.92 Å². The van der Waals surface area contributed by atoms with E-state index in [2.05, 4.69) is 56.8 Å². The van der Waals surface area contributed by atoms with E-state index in [1.165, 1.54) is 21.1 Å². The van der Waals surface area contributed by atoms with Crippen molar-refractivity contribution in [1.82, 2.24) is 0 Å². The molecule has 0 saturated carbocycles. The van der Waals surface area contributed by atoms with Crippen molar-refractivity contribution in [2.45, 2.75) is 39.0 Å². The van der Waals surface area contributed by atoms with Gasteiger partial charge < -0.3 is 0 Å². The summed E-state index contributed by atoms with van der Waals surface area (Å²) in [5.41, 5.74) is 1.36. The molecule has 1 rings (SSSR count). The zero-order valence-corrected chi connectivity index (χ0v) is 13.0. The topological polar surface area (TPSA) is 0 Å². The highest BCUT2D eigenvalue weighted by molar-refractivity contribution is 8.22. The van der Waals surface area contributed by atoms with Gasteiger partial charge in [0.1, 0.15) is 0 Å². The van der Waals surface area contributed by atoms with Crippen LogP contribution in [0.1, 0.15) is 32.8 Å². The number of hydrogen-bond donors (Lipinski definition) is 1. The Balaban J connectivity index is 0.00000289. The fraction of sp³-hybridized carbons (Fsp3) is 0.467. The molecule has 3 heteroatoms. The summed E-state index contributed by atoms with van der Waals surface area (Å²) in [6, 6.07) is 8.57. The van der Waals surface area contributed by atoms with Crippen molar-refractivity contribution in [1.29, 1.82) is 0 Å². The van der Waals surface area contributed by atoms with Gasteiger partial charge in [0, 0.05) is 9.13 Å². The molecule has 0 nitrogen and oxygen atoms in total. The number of aryl methyl sites for hydroxylation is 1. The van der Waals surface area contributed by atoms with Gasteiger partial charge in [0.05, 0.1) is 0 Å². The molecule has 0 fully saturated rings. The summed E-state index contributed by atoms with van der Waals surface area (Å²) in [5.74, 6) is 2.13. The van der Waals surface area contributed by atoms with E-state index in [-0.39, 0.29) is 7.43 Å². The van der Waals surface area contributed by atoms with Gasteiger partial charge in [-0.3, -0.25) is 0 Å². The molecule has 0 aliphatic rings. The van der Waals surface area contributed by atoms with E-state index >= 15 is 0 Å². The second-order valence-corrected chi connectivity index (χ2v) is 6.65. The molecule has 1 aromatic rings. The van der Waals surface area contributed by atoms with Gasteiger partial charge in [-0.1, -0.05) is 50.4 Å². The first-order valence-electron chi connectivity index (χ1n) is 5.95. The third-order valence-corrected chi connectivity index (χ3v) is 5.13. The number of benzene rings is 1. The van der Waals surface area contributed by atoms with Gasteiger partial charge in [-0.05, 0) is 42.9 Å². The first-order valence-corrected chi connectivity index (χ1v) is 8.38. The Morgan fingerprint density at radius 1 is 1.33 bits per heavy atom. The average Bonchev–Trinajstić information content (AvgIpc) is 2.32. The Labute approximate surface area is 126 Å². The van der Waals surface area contributed by atoms with Gasteiger partial charge in [-0.2, -0.15) is 12.6 Å². The Morgan fingerprint density at radius 2 is 2.06 bits per heavy atom. The summed E-state index contributed by atoms with van der Waals surface area (Å²) in [5, 5.41) is 0. The SMILES string of the molecule is C.CC/C=C(\SCCCS)Sc1ccccc1C. The zero-order valence-electron chi connectivity index (χ0n) is 10.5. The highest BCUT2D eigenvalue weighted by Crippen LogP contribution is 2.36. The Hall–Kier alpha value is 0.01000. The van der Waals surface area contributed by atoms with Crippen LogP contribution in [0.5, 0.6) is 0 Å². The lowest BCUT2D eigenvalue weighted by Crippen LogP contribution is -1.83. The summed E-state index contributed by atoms with van der Waals surface area (Å²) in [6.45, 7) is 4.36. The fourth-order valence-corrected chi connectivity index (χ4v) is 4.06. The first kappa shape index (κ1) is 18.0. The van der Waals surface area contributed by atoms with E-state index < -0.39 is 0 Å². The highest BCUT2D eigenvalue weighted by atomic mass is 32.2. The van der Waals surface area contributed by atoms with Crippen molar-refractivity contribution in [3.05, 3.63) is 40.1 Å². The lowest BCUT2D eigenvalue weighted by molar-refractivity contribution is 1.13. The maximum Gasteiger partial charge on any atom is 0.0410 e. The van der Waals surface area contributed by atoms with Gasteiger partial charge >= 0.3 is 0 Å². The third kappa shape index (κ3) is 6.81. The molecule has 0 amide bonds. The van der Waals surface area contributed by atoms with Crippen LogP contribution in [-0.4, -0.2) is 11.5 Å². The molecule has 0 heterocycles. The van der Waals surface area contributed by atoms with Crippen LogP contribution < -0.4 is 0 Å². The lowest BCUT2D eigenvalue weighted by Gasteiger charge is -2.08. The fourth-order valence-electron chi connectivity index (χ4n) is 1.31. The third-order valence-electron chi connectivity index (χ3n) is 2.22. The molecule has 18 heavy (non-hydrogen) atoms. The summed E-state index contributed by atoms with van der Waals surface area (Å²) in [6.07, 6.45) is 4.59. The second-order valence-electron chi connectivity index (χ2n) is 3.72. The minimum Gasteiger partial charge on any atom is -0.179 e. The van der Waals surface area contributed by atoms with Gasteiger partial charge in [0.2, 0.25) is 0 Å². The number of allylic oxidation sites excluding steroid dienone is 1. The van der Waals surface area contributed by atoms with Crippen molar-refractivity contribution in [2.24, 2.45) is 0 Å². The van der Waals surface area contributed by atoms with Gasteiger partial charge in [0.25, 0.3) is 0 Å². The van der Waals surface area contributed by atoms with Crippen molar-refractivity contribution < 1.29 is 0 Å². The van der Waals surface area contributed by atoms with Crippen molar-refractivity contribution in [3.63, 3.8) is 0 Å². The molecule has 0 atom stereocenters. The molecule has 1 aromatic carbocycles. The van der Waals surface area contributed by atoms with Gasteiger partial charge in [-0.25, -0.2) is 0 Å². The molecule has 0 spiro atoms. The number of rotatable bonds is 7. The predicted molar refractivity (Wildman–Crippen MR) is 93.1 cm³/mol. The van der Waals surface area contributed by atoms with Crippen LogP contribution in [0.15, 0.2) is 39.5 Å². The molecule has 0 radical (unpaired) electrons. The Kier molecular flexibility index (Phi) is 10.9. The van der Waals surface area contributed by atoms with Crippen LogP contribution in [0.2, 0.25) is 0 Å². The van der Waals surface area contributed by atoms with Crippen LogP contribution in [0.3, 0.4) is 0 Å². The van der Waals surface area contributed by atoms with E-state index in [1.54, 1.807) is 0 Å². The van der Waals surface area contributed by atoms with Gasteiger partial charge in [0.15, 0.2) is 0 Å². The summed E-state index contributed by atoms with van der Waals surface area (Å²) in [7, 11) is 0. The van der Waals surface area contributed by atoms with Gasteiger partial charge in [-0.15, -0.1) is 11.8 Å². The van der Waals surface area contributed by atoms with Crippen LogP contribution in [0.4, 0.5) is 0 Å². The Bertz CT molecular complexity index is 359. The molecule has 0 aromatic heterocycles. The average molecular weight is 301 g/mol. The molecule has 0 unspecified atom stereocenters. The van der Waals surface area contributed by atoms with Crippen LogP contribution >= 0.6 is 36.2 Å². The largest absolute Gasteiger partial charge is 0.179 e. The Morgan fingerprint density at radius 3 is 2.67 bits per heavy atom. The summed E-state index contributed by atoms with van der Waals surface area (Å²) in [4.78, 5) is 1.37. The van der Waals surface area contributed by atoms with Crippen molar-refractivity contribution >= 4 is 36.2 Å². The van der Waals surface area contributed by atoms with E-state index in [0.717, 1.165) is 17.9 Å². The first-order chi connectivity index (χ1) is 8.27. The highest BCUT2D eigenvalue weighted by Gasteiger charge is 2.03. The van der Waals surface area contributed by atoms with E-state index in [0.29, 0.717) is 0 Å². The number of hydrogen-bond acceptors (Lipinski definition) is 3.